The van der Waals surface area contributed by atoms with Crippen molar-refractivity contribution in [2.75, 3.05) is 0 Å². The monoisotopic (exact) mass is 378 g/mol. The third kappa shape index (κ3) is 2.26. The van der Waals surface area contributed by atoms with Gasteiger partial charge in [-0.1, -0.05) is 62.2 Å². The topological polar surface area (TPSA) is 13.1 Å². The summed E-state index contributed by atoms with van der Waals surface area (Å²) in [6.07, 6.45) is 1.74. The zero-order valence-electron chi connectivity index (χ0n) is 10.4. The summed E-state index contributed by atoms with van der Waals surface area (Å²) in [6, 6.07) is 14.7. The first-order chi connectivity index (χ1) is 9.18. The number of aryl methyl sites for hydroxylation is 1. The van der Waals surface area contributed by atoms with E-state index in [9.17, 15) is 0 Å². The molecule has 3 aromatic rings. The Balaban J connectivity index is 2.21. The molecule has 0 aliphatic rings. The van der Waals surface area contributed by atoms with E-state index in [-0.39, 0.29) is 4.83 Å². The summed E-state index contributed by atoms with van der Waals surface area (Å²) in [6.45, 7) is 1.99. The smallest absolute Gasteiger partial charge is 0.105 e. The molecule has 3 heteroatoms. The summed E-state index contributed by atoms with van der Waals surface area (Å²) < 4.78 is 6.52. The predicted molar refractivity (Wildman–Crippen MR) is 85.9 cm³/mol. The molecular formula is C16H12Br2O. The highest BCUT2D eigenvalue weighted by molar-refractivity contribution is 9.10. The maximum absolute atomic E-state index is 5.40. The zero-order chi connectivity index (χ0) is 13.4. The molecule has 0 radical (unpaired) electrons. The van der Waals surface area contributed by atoms with Gasteiger partial charge in [-0.25, -0.2) is 0 Å². The van der Waals surface area contributed by atoms with Crippen LogP contribution < -0.4 is 0 Å². The lowest BCUT2D eigenvalue weighted by molar-refractivity contribution is 0.530. The van der Waals surface area contributed by atoms with Crippen molar-refractivity contribution in [2.45, 2.75) is 11.8 Å². The van der Waals surface area contributed by atoms with Crippen LogP contribution in [0.3, 0.4) is 0 Å². The SMILES string of the molecule is Cc1occc1C(Br)c1ccc(Br)c2ccccc12. The molecule has 0 aliphatic heterocycles. The molecule has 1 aromatic heterocycles. The molecule has 0 N–H and O–H groups in total. The number of hydrogen-bond donors (Lipinski definition) is 0. The second-order valence-corrected chi connectivity index (χ2v) is 6.25. The second-order valence-electron chi connectivity index (χ2n) is 4.48. The van der Waals surface area contributed by atoms with E-state index < -0.39 is 0 Å². The normalized spacial score (nSPS) is 12.8. The summed E-state index contributed by atoms with van der Waals surface area (Å²) in [7, 11) is 0. The fourth-order valence-corrected chi connectivity index (χ4v) is 3.68. The fourth-order valence-electron chi connectivity index (χ4n) is 2.33. The third-order valence-electron chi connectivity index (χ3n) is 3.35. The molecule has 0 saturated heterocycles. The highest BCUT2D eigenvalue weighted by Gasteiger charge is 2.17. The third-order valence-corrected chi connectivity index (χ3v) is 5.03. The molecule has 0 amide bonds. The molecular weight excluding hydrogens is 368 g/mol. The molecule has 1 unspecified atom stereocenters. The van der Waals surface area contributed by atoms with Crippen molar-refractivity contribution in [3.8, 4) is 0 Å². The van der Waals surface area contributed by atoms with Crippen LogP contribution in [0.15, 0.2) is 57.6 Å². The van der Waals surface area contributed by atoms with Crippen molar-refractivity contribution >= 4 is 42.6 Å². The first kappa shape index (κ1) is 12.9. The lowest BCUT2D eigenvalue weighted by Crippen LogP contribution is -1.94. The van der Waals surface area contributed by atoms with E-state index in [1.807, 2.05) is 13.0 Å². The van der Waals surface area contributed by atoms with Gasteiger partial charge in [0.2, 0.25) is 0 Å². The predicted octanol–water partition coefficient (Wildman–Crippen LogP) is 5.99. The van der Waals surface area contributed by atoms with Crippen molar-refractivity contribution in [2.24, 2.45) is 0 Å². The number of rotatable bonds is 2. The van der Waals surface area contributed by atoms with Crippen LogP contribution in [0.5, 0.6) is 0 Å². The number of fused-ring (bicyclic) bond motifs is 1. The van der Waals surface area contributed by atoms with Gasteiger partial charge in [-0.15, -0.1) is 0 Å². The molecule has 0 saturated carbocycles. The number of hydrogen-bond acceptors (Lipinski definition) is 1. The number of halogens is 2. The molecule has 1 nitrogen and oxygen atoms in total. The van der Waals surface area contributed by atoms with Crippen LogP contribution in [-0.2, 0) is 0 Å². The summed E-state index contributed by atoms with van der Waals surface area (Å²) in [5, 5.41) is 2.48. The van der Waals surface area contributed by atoms with Crippen LogP contribution in [0, 0.1) is 6.92 Å². The van der Waals surface area contributed by atoms with Crippen LogP contribution in [0.25, 0.3) is 10.8 Å². The molecule has 96 valence electrons. The van der Waals surface area contributed by atoms with Gasteiger partial charge in [0.15, 0.2) is 0 Å². The van der Waals surface area contributed by atoms with Gasteiger partial charge in [-0.05, 0) is 35.4 Å². The number of furan rings is 1. The molecule has 1 heterocycles. The molecule has 3 rings (SSSR count). The first-order valence-corrected chi connectivity index (χ1v) is 7.74. The lowest BCUT2D eigenvalue weighted by atomic mass is 9.99. The van der Waals surface area contributed by atoms with E-state index in [0.717, 1.165) is 10.2 Å². The minimum Gasteiger partial charge on any atom is -0.469 e. The molecule has 0 spiro atoms. The average Bonchev–Trinajstić information content (AvgIpc) is 2.85. The molecule has 2 aromatic carbocycles. The van der Waals surface area contributed by atoms with Crippen LogP contribution in [-0.4, -0.2) is 0 Å². The van der Waals surface area contributed by atoms with Gasteiger partial charge in [0.25, 0.3) is 0 Å². The number of benzene rings is 2. The lowest BCUT2D eigenvalue weighted by Gasteiger charge is -2.13. The molecule has 0 aliphatic carbocycles. The van der Waals surface area contributed by atoms with Crippen molar-refractivity contribution in [3.63, 3.8) is 0 Å². The molecule has 1 atom stereocenters. The van der Waals surface area contributed by atoms with Gasteiger partial charge in [-0.3, -0.25) is 0 Å². The Hall–Kier alpha value is -1.06. The summed E-state index contributed by atoms with van der Waals surface area (Å²) in [5.74, 6) is 0.953. The Labute approximate surface area is 128 Å². The highest BCUT2D eigenvalue weighted by Crippen LogP contribution is 2.38. The van der Waals surface area contributed by atoms with Gasteiger partial charge in [0.1, 0.15) is 5.76 Å². The fraction of sp³-hybridized carbons (Fsp3) is 0.125. The van der Waals surface area contributed by atoms with Crippen LogP contribution in [0.2, 0.25) is 0 Å². The summed E-state index contributed by atoms with van der Waals surface area (Å²) in [5.41, 5.74) is 2.43. The Kier molecular flexibility index (Phi) is 3.50. The Morgan fingerprint density at radius 1 is 0.947 bits per heavy atom. The Morgan fingerprint density at radius 2 is 1.68 bits per heavy atom. The summed E-state index contributed by atoms with van der Waals surface area (Å²) >= 11 is 7.40. The van der Waals surface area contributed by atoms with E-state index in [4.69, 9.17) is 4.42 Å². The standard InChI is InChI=1S/C16H12Br2O/c1-10-11(8-9-19-10)16(18)14-6-7-15(17)13-5-3-2-4-12(13)14/h2-9,16H,1H3. The van der Waals surface area contributed by atoms with Crippen molar-refractivity contribution < 1.29 is 4.42 Å². The Morgan fingerprint density at radius 3 is 2.37 bits per heavy atom. The van der Waals surface area contributed by atoms with Crippen LogP contribution >= 0.6 is 31.9 Å². The maximum atomic E-state index is 5.40. The van der Waals surface area contributed by atoms with Gasteiger partial charge >= 0.3 is 0 Å². The van der Waals surface area contributed by atoms with Gasteiger partial charge < -0.3 is 4.42 Å². The van der Waals surface area contributed by atoms with E-state index in [2.05, 4.69) is 68.3 Å². The minimum atomic E-state index is 0.143. The molecule has 19 heavy (non-hydrogen) atoms. The second kappa shape index (κ2) is 5.14. The van der Waals surface area contributed by atoms with Crippen molar-refractivity contribution in [1.82, 2.24) is 0 Å². The molecule has 0 fully saturated rings. The zero-order valence-corrected chi connectivity index (χ0v) is 13.5. The first-order valence-electron chi connectivity index (χ1n) is 6.03. The largest absolute Gasteiger partial charge is 0.469 e. The van der Waals surface area contributed by atoms with E-state index in [1.165, 1.54) is 21.9 Å². The number of alkyl halides is 1. The highest BCUT2D eigenvalue weighted by atomic mass is 79.9. The van der Waals surface area contributed by atoms with E-state index in [1.54, 1.807) is 6.26 Å². The quantitative estimate of drug-likeness (QED) is 0.498. The van der Waals surface area contributed by atoms with Crippen molar-refractivity contribution in [3.05, 3.63) is 70.1 Å². The van der Waals surface area contributed by atoms with Gasteiger partial charge in [0.05, 0.1) is 11.1 Å². The van der Waals surface area contributed by atoms with Crippen LogP contribution in [0.1, 0.15) is 21.7 Å². The van der Waals surface area contributed by atoms with Gasteiger partial charge in [0, 0.05) is 10.0 Å². The summed E-state index contributed by atoms with van der Waals surface area (Å²) in [4.78, 5) is 0.143. The maximum Gasteiger partial charge on any atom is 0.105 e. The van der Waals surface area contributed by atoms with E-state index >= 15 is 0 Å². The van der Waals surface area contributed by atoms with E-state index in [0.29, 0.717) is 0 Å². The molecule has 0 bridgehead atoms. The Bertz CT molecular complexity index is 730. The van der Waals surface area contributed by atoms with Gasteiger partial charge in [-0.2, -0.15) is 0 Å². The van der Waals surface area contributed by atoms with Crippen LogP contribution in [0.4, 0.5) is 0 Å². The average molecular weight is 380 g/mol. The van der Waals surface area contributed by atoms with Crippen molar-refractivity contribution in [1.29, 1.82) is 0 Å². The minimum absolute atomic E-state index is 0.143.